The fourth-order valence-corrected chi connectivity index (χ4v) is 3.12. The summed E-state index contributed by atoms with van der Waals surface area (Å²) in [6.45, 7) is 0.668. The zero-order valence-electron chi connectivity index (χ0n) is 14.4. The summed E-state index contributed by atoms with van der Waals surface area (Å²) in [6, 6.07) is 7.55. The minimum atomic E-state index is -0.585. The third-order valence-corrected chi connectivity index (χ3v) is 4.52. The summed E-state index contributed by atoms with van der Waals surface area (Å²) in [7, 11) is 0. The second-order valence-electron chi connectivity index (χ2n) is 6.12. The van der Waals surface area contributed by atoms with Gasteiger partial charge in [-0.2, -0.15) is 0 Å². The first-order valence-corrected chi connectivity index (χ1v) is 8.64. The molecule has 4 rings (SSSR count). The maximum atomic E-state index is 12.7. The molecule has 0 atom stereocenters. The van der Waals surface area contributed by atoms with Gasteiger partial charge in [0.2, 0.25) is 5.82 Å². The summed E-state index contributed by atoms with van der Waals surface area (Å²) in [5.74, 6) is -0.122. The van der Waals surface area contributed by atoms with Gasteiger partial charge in [-0.25, -0.2) is 14.8 Å². The number of halogens is 1. The molecular formula is C18H13ClN6O3. The molecule has 2 amide bonds. The number of urea groups is 1. The van der Waals surface area contributed by atoms with Crippen molar-refractivity contribution < 1.29 is 9.72 Å². The number of amides is 2. The molecule has 0 spiro atoms. The molecule has 3 aromatic heterocycles. The molecule has 0 saturated heterocycles. The average molecular weight is 397 g/mol. The number of hydrogen-bond donors (Lipinski definition) is 1. The topological polar surface area (TPSA) is 114 Å². The molecular weight excluding hydrogens is 384 g/mol. The number of nitro groups is 1. The lowest BCUT2D eigenvalue weighted by Gasteiger charge is -2.16. The van der Waals surface area contributed by atoms with E-state index >= 15 is 0 Å². The van der Waals surface area contributed by atoms with Crippen LogP contribution in [0.5, 0.6) is 0 Å². The molecule has 9 nitrogen and oxygen atoms in total. The lowest BCUT2D eigenvalue weighted by Crippen LogP contribution is -2.30. The molecule has 1 aliphatic heterocycles. The molecule has 10 heteroatoms. The third kappa shape index (κ3) is 3.47. The van der Waals surface area contributed by atoms with E-state index in [0.29, 0.717) is 29.5 Å². The largest absolute Gasteiger partial charge is 0.323 e. The smallest absolute Gasteiger partial charge is 0.316 e. The van der Waals surface area contributed by atoms with Gasteiger partial charge in [0.25, 0.3) is 0 Å². The van der Waals surface area contributed by atoms with Crippen molar-refractivity contribution in [3.63, 3.8) is 0 Å². The molecule has 0 aliphatic carbocycles. The van der Waals surface area contributed by atoms with E-state index in [4.69, 9.17) is 11.6 Å². The van der Waals surface area contributed by atoms with Crippen LogP contribution in [0.3, 0.4) is 0 Å². The van der Waals surface area contributed by atoms with Gasteiger partial charge in [-0.3, -0.25) is 20.4 Å². The number of rotatable bonds is 3. The van der Waals surface area contributed by atoms with Crippen molar-refractivity contribution in [3.8, 4) is 11.3 Å². The van der Waals surface area contributed by atoms with Crippen molar-refractivity contribution in [2.24, 2.45) is 0 Å². The van der Waals surface area contributed by atoms with Gasteiger partial charge in [-0.1, -0.05) is 11.6 Å². The summed E-state index contributed by atoms with van der Waals surface area (Å²) >= 11 is 5.89. The van der Waals surface area contributed by atoms with E-state index < -0.39 is 11.0 Å². The van der Waals surface area contributed by atoms with Gasteiger partial charge in [0.05, 0.1) is 10.6 Å². The normalized spacial score (nSPS) is 12.5. The SMILES string of the molecule is O=C(Nc1nc(-c2cccnc2)ccc1[N+](=O)[O-])N1Cc2cnc(Cl)cc2C1. The van der Waals surface area contributed by atoms with Crippen molar-refractivity contribution in [2.45, 2.75) is 13.1 Å². The molecule has 140 valence electrons. The number of pyridine rings is 3. The lowest BCUT2D eigenvalue weighted by atomic mass is 10.2. The summed E-state index contributed by atoms with van der Waals surface area (Å²) in [5.41, 5.74) is 2.63. The first kappa shape index (κ1) is 17.8. The Morgan fingerprint density at radius 2 is 2.04 bits per heavy atom. The van der Waals surface area contributed by atoms with Gasteiger partial charge < -0.3 is 4.90 Å². The van der Waals surface area contributed by atoms with E-state index in [9.17, 15) is 14.9 Å². The first-order chi connectivity index (χ1) is 13.5. The van der Waals surface area contributed by atoms with Crippen LogP contribution in [0.15, 0.2) is 48.9 Å². The van der Waals surface area contributed by atoms with Gasteiger partial charge >= 0.3 is 11.7 Å². The minimum Gasteiger partial charge on any atom is -0.316 e. The van der Waals surface area contributed by atoms with Crippen LogP contribution >= 0.6 is 11.6 Å². The van der Waals surface area contributed by atoms with Crippen molar-refractivity contribution in [1.82, 2.24) is 19.9 Å². The minimum absolute atomic E-state index is 0.122. The number of fused-ring (bicyclic) bond motifs is 1. The van der Waals surface area contributed by atoms with Gasteiger partial charge in [0, 0.05) is 43.3 Å². The highest BCUT2D eigenvalue weighted by atomic mass is 35.5. The molecule has 1 N–H and O–H groups in total. The Labute approximate surface area is 164 Å². The number of nitrogens with zero attached hydrogens (tertiary/aromatic N) is 5. The zero-order valence-corrected chi connectivity index (χ0v) is 15.1. The number of aromatic nitrogens is 3. The van der Waals surface area contributed by atoms with Crippen LogP contribution in [0.2, 0.25) is 5.15 Å². The van der Waals surface area contributed by atoms with Crippen LogP contribution in [0.1, 0.15) is 11.1 Å². The van der Waals surface area contributed by atoms with Gasteiger partial charge in [-0.05, 0) is 35.4 Å². The van der Waals surface area contributed by atoms with Crippen molar-refractivity contribution in [2.75, 3.05) is 5.32 Å². The van der Waals surface area contributed by atoms with Crippen LogP contribution in [0.25, 0.3) is 11.3 Å². The average Bonchev–Trinajstić information content (AvgIpc) is 3.12. The summed E-state index contributed by atoms with van der Waals surface area (Å²) in [4.78, 5) is 37.2. The van der Waals surface area contributed by atoms with Crippen LogP contribution in [-0.4, -0.2) is 30.8 Å². The van der Waals surface area contributed by atoms with Crippen molar-refractivity contribution in [1.29, 1.82) is 0 Å². The number of nitrogens with one attached hydrogen (secondary N) is 1. The number of hydrogen-bond acceptors (Lipinski definition) is 6. The molecule has 3 aromatic rings. The van der Waals surface area contributed by atoms with E-state index in [1.807, 2.05) is 0 Å². The Bertz CT molecular complexity index is 1080. The molecule has 28 heavy (non-hydrogen) atoms. The zero-order chi connectivity index (χ0) is 19.7. The number of anilines is 1. The first-order valence-electron chi connectivity index (χ1n) is 8.26. The van der Waals surface area contributed by atoms with Crippen LogP contribution in [0, 0.1) is 10.1 Å². The van der Waals surface area contributed by atoms with Gasteiger partial charge in [-0.15, -0.1) is 0 Å². The molecule has 0 bridgehead atoms. The van der Waals surface area contributed by atoms with Crippen LogP contribution in [0.4, 0.5) is 16.3 Å². The summed E-state index contributed by atoms with van der Waals surface area (Å²) in [6.07, 6.45) is 4.83. The molecule has 0 unspecified atom stereocenters. The molecule has 0 fully saturated rings. The van der Waals surface area contributed by atoms with E-state index in [2.05, 4.69) is 20.3 Å². The fraction of sp³-hybridized carbons (Fsp3) is 0.111. The Kier molecular flexibility index (Phi) is 4.58. The van der Waals surface area contributed by atoms with E-state index in [1.54, 1.807) is 36.8 Å². The van der Waals surface area contributed by atoms with Crippen LogP contribution < -0.4 is 5.32 Å². The molecule has 0 aromatic carbocycles. The number of carbonyl (C=O) groups excluding carboxylic acids is 1. The predicted octanol–water partition coefficient (Wildman–Crippen LogP) is 3.65. The molecule has 4 heterocycles. The summed E-state index contributed by atoms with van der Waals surface area (Å²) < 4.78 is 0. The Hall–Kier alpha value is -3.59. The van der Waals surface area contributed by atoms with Crippen molar-refractivity contribution >= 4 is 29.1 Å². The summed E-state index contributed by atoms with van der Waals surface area (Å²) in [5, 5.41) is 14.3. The second-order valence-corrected chi connectivity index (χ2v) is 6.51. The van der Waals surface area contributed by atoms with E-state index in [1.165, 1.54) is 17.0 Å². The predicted molar refractivity (Wildman–Crippen MR) is 102 cm³/mol. The highest BCUT2D eigenvalue weighted by Crippen LogP contribution is 2.29. The quantitative estimate of drug-likeness (QED) is 0.410. The lowest BCUT2D eigenvalue weighted by molar-refractivity contribution is -0.384. The maximum absolute atomic E-state index is 12.7. The molecule has 0 radical (unpaired) electrons. The van der Waals surface area contributed by atoms with Gasteiger partial charge in [0.15, 0.2) is 0 Å². The Morgan fingerprint density at radius 1 is 1.21 bits per heavy atom. The number of carbonyl (C=O) groups is 1. The maximum Gasteiger partial charge on any atom is 0.323 e. The molecule has 1 aliphatic rings. The highest BCUT2D eigenvalue weighted by Gasteiger charge is 2.26. The Balaban J connectivity index is 1.60. The molecule has 0 saturated carbocycles. The highest BCUT2D eigenvalue weighted by molar-refractivity contribution is 6.29. The van der Waals surface area contributed by atoms with E-state index in [-0.39, 0.29) is 11.5 Å². The monoisotopic (exact) mass is 396 g/mol. The fourth-order valence-electron chi connectivity index (χ4n) is 2.94. The van der Waals surface area contributed by atoms with E-state index in [0.717, 1.165) is 11.1 Å². The third-order valence-electron chi connectivity index (χ3n) is 4.31. The standard InChI is InChI=1S/C18H13ClN6O3/c19-16-6-12-9-24(10-13(12)8-21-16)18(26)23-17-15(25(27)28)4-3-14(22-17)11-2-1-5-20-7-11/h1-8H,9-10H2,(H,22,23,26). The van der Waals surface area contributed by atoms with Crippen LogP contribution in [-0.2, 0) is 13.1 Å². The second kappa shape index (κ2) is 7.20. The Morgan fingerprint density at radius 3 is 2.79 bits per heavy atom. The van der Waals surface area contributed by atoms with Gasteiger partial charge in [0.1, 0.15) is 5.15 Å². The van der Waals surface area contributed by atoms with Crippen molar-refractivity contribution in [3.05, 3.63) is 75.3 Å².